The number of rotatable bonds is 2. The van der Waals surface area contributed by atoms with Gasteiger partial charge in [0, 0.05) is 18.3 Å². The number of hydrogen-bond donors (Lipinski definition) is 0. The van der Waals surface area contributed by atoms with Crippen molar-refractivity contribution in [1.29, 1.82) is 0 Å². The summed E-state index contributed by atoms with van der Waals surface area (Å²) in [5, 5.41) is 0. The molecule has 0 aromatic carbocycles. The first kappa shape index (κ1) is 9.88. The summed E-state index contributed by atoms with van der Waals surface area (Å²) in [6.07, 6.45) is 3.24. The van der Waals surface area contributed by atoms with Gasteiger partial charge in [-0.1, -0.05) is 13.8 Å². The maximum atomic E-state index is 12.0. The van der Waals surface area contributed by atoms with Gasteiger partial charge in [-0.25, -0.2) is 0 Å². The Kier molecular flexibility index (Phi) is 1.89. The Balaban J connectivity index is 2.39. The molecule has 0 saturated heterocycles. The highest BCUT2D eigenvalue weighted by Crippen LogP contribution is 2.65. The van der Waals surface area contributed by atoms with E-state index in [1.54, 1.807) is 6.92 Å². The minimum Gasteiger partial charge on any atom is -0.300 e. The summed E-state index contributed by atoms with van der Waals surface area (Å²) in [4.78, 5) is 23.2. The van der Waals surface area contributed by atoms with Gasteiger partial charge in [-0.15, -0.1) is 0 Å². The average Bonchev–Trinajstić information content (AvgIpc) is 2.36. The molecular weight excluding hydrogens is 176 g/mol. The summed E-state index contributed by atoms with van der Waals surface area (Å²) in [5.74, 6) is 1.03. The van der Waals surface area contributed by atoms with E-state index in [4.69, 9.17) is 0 Å². The minimum atomic E-state index is -0.302. The molecule has 0 spiro atoms. The molecule has 0 aliphatic heterocycles. The quantitative estimate of drug-likeness (QED) is 0.676. The lowest BCUT2D eigenvalue weighted by atomic mass is 9.66. The fourth-order valence-electron chi connectivity index (χ4n) is 3.61. The van der Waals surface area contributed by atoms with Gasteiger partial charge in [0.05, 0.1) is 0 Å². The Labute approximate surface area is 85.1 Å². The van der Waals surface area contributed by atoms with Crippen molar-refractivity contribution in [2.75, 3.05) is 0 Å². The summed E-state index contributed by atoms with van der Waals surface area (Å²) >= 11 is 0. The van der Waals surface area contributed by atoms with Crippen LogP contribution >= 0.6 is 0 Å². The molecule has 2 atom stereocenters. The van der Waals surface area contributed by atoms with Gasteiger partial charge in [-0.3, -0.25) is 9.59 Å². The van der Waals surface area contributed by atoms with E-state index in [-0.39, 0.29) is 16.6 Å². The van der Waals surface area contributed by atoms with Crippen molar-refractivity contribution < 1.29 is 9.59 Å². The predicted molar refractivity (Wildman–Crippen MR) is 53.9 cm³/mol. The SMILES string of the molecule is CC(=O)CC12CCC(CC1=O)C2(C)C. The molecule has 0 aromatic heterocycles. The van der Waals surface area contributed by atoms with Gasteiger partial charge in [0.15, 0.2) is 0 Å². The van der Waals surface area contributed by atoms with Crippen LogP contribution in [0, 0.1) is 16.7 Å². The molecule has 2 fully saturated rings. The summed E-state index contributed by atoms with van der Waals surface area (Å²) in [6.45, 7) is 5.93. The number of hydrogen-bond acceptors (Lipinski definition) is 2. The van der Waals surface area contributed by atoms with Gasteiger partial charge in [0.25, 0.3) is 0 Å². The summed E-state index contributed by atoms with van der Waals surface area (Å²) in [6, 6.07) is 0. The van der Waals surface area contributed by atoms with Crippen LogP contribution in [0.4, 0.5) is 0 Å². The summed E-state index contributed by atoms with van der Waals surface area (Å²) in [5.41, 5.74) is -0.251. The van der Waals surface area contributed by atoms with Gasteiger partial charge >= 0.3 is 0 Å². The number of fused-ring (bicyclic) bond motifs is 2. The smallest absolute Gasteiger partial charge is 0.140 e. The van der Waals surface area contributed by atoms with Crippen molar-refractivity contribution in [2.24, 2.45) is 16.7 Å². The molecule has 0 aromatic rings. The highest BCUT2D eigenvalue weighted by molar-refractivity contribution is 5.94. The summed E-state index contributed by atoms with van der Waals surface area (Å²) in [7, 11) is 0. The molecule has 14 heavy (non-hydrogen) atoms. The van der Waals surface area contributed by atoms with Gasteiger partial charge < -0.3 is 0 Å². The first-order valence-electron chi connectivity index (χ1n) is 5.43. The first-order valence-corrected chi connectivity index (χ1v) is 5.43. The zero-order valence-electron chi connectivity index (χ0n) is 9.22. The Hall–Kier alpha value is -0.660. The standard InChI is InChI=1S/C12H18O2/c1-8(13)7-12-5-4-9(6-10(12)14)11(12,2)3/h9H,4-7H2,1-3H3. The highest BCUT2D eigenvalue weighted by atomic mass is 16.1. The van der Waals surface area contributed by atoms with Crippen LogP contribution in [0.25, 0.3) is 0 Å². The van der Waals surface area contributed by atoms with E-state index in [0.717, 1.165) is 12.8 Å². The third-order valence-corrected chi connectivity index (χ3v) is 4.69. The van der Waals surface area contributed by atoms with Crippen molar-refractivity contribution >= 4 is 11.6 Å². The maximum absolute atomic E-state index is 12.0. The third kappa shape index (κ3) is 0.971. The number of carbonyl (C=O) groups is 2. The first-order chi connectivity index (χ1) is 6.40. The predicted octanol–water partition coefficient (Wildman–Crippen LogP) is 2.36. The monoisotopic (exact) mass is 194 g/mol. The molecule has 2 aliphatic rings. The van der Waals surface area contributed by atoms with E-state index in [1.165, 1.54) is 0 Å². The Morgan fingerprint density at radius 2 is 2.14 bits per heavy atom. The van der Waals surface area contributed by atoms with E-state index in [2.05, 4.69) is 13.8 Å². The van der Waals surface area contributed by atoms with Crippen molar-refractivity contribution in [3.63, 3.8) is 0 Å². The van der Waals surface area contributed by atoms with Crippen molar-refractivity contribution in [3.8, 4) is 0 Å². The molecule has 2 rings (SSSR count). The zero-order valence-corrected chi connectivity index (χ0v) is 9.22. The van der Waals surface area contributed by atoms with Gasteiger partial charge in [-0.2, -0.15) is 0 Å². The normalized spacial score (nSPS) is 39.1. The van der Waals surface area contributed by atoms with Crippen LogP contribution in [-0.2, 0) is 9.59 Å². The topological polar surface area (TPSA) is 34.1 Å². The number of carbonyl (C=O) groups excluding carboxylic acids is 2. The number of ketones is 2. The fraction of sp³-hybridized carbons (Fsp3) is 0.833. The third-order valence-electron chi connectivity index (χ3n) is 4.69. The van der Waals surface area contributed by atoms with Crippen LogP contribution in [0.5, 0.6) is 0 Å². The van der Waals surface area contributed by atoms with Crippen LogP contribution in [0.3, 0.4) is 0 Å². The summed E-state index contributed by atoms with van der Waals surface area (Å²) < 4.78 is 0. The van der Waals surface area contributed by atoms with Crippen LogP contribution in [-0.4, -0.2) is 11.6 Å². The van der Waals surface area contributed by atoms with Crippen molar-refractivity contribution in [1.82, 2.24) is 0 Å². The molecule has 2 unspecified atom stereocenters. The molecular formula is C12H18O2. The largest absolute Gasteiger partial charge is 0.300 e. The molecule has 0 N–H and O–H groups in total. The molecule has 2 heteroatoms. The second-order valence-electron chi connectivity index (χ2n) is 5.55. The maximum Gasteiger partial charge on any atom is 0.140 e. The average molecular weight is 194 g/mol. The van der Waals surface area contributed by atoms with Crippen molar-refractivity contribution in [2.45, 2.75) is 46.5 Å². The second-order valence-corrected chi connectivity index (χ2v) is 5.55. The van der Waals surface area contributed by atoms with Gasteiger partial charge in [0.2, 0.25) is 0 Å². The number of Topliss-reactive ketones (excluding diaryl/α,β-unsaturated/α-hetero) is 2. The zero-order chi connectivity index (χ0) is 10.6. The Bertz CT molecular complexity index is 303. The van der Waals surface area contributed by atoms with E-state index in [0.29, 0.717) is 24.5 Å². The Morgan fingerprint density at radius 3 is 2.50 bits per heavy atom. The molecule has 2 bridgehead atoms. The highest BCUT2D eigenvalue weighted by Gasteiger charge is 2.64. The van der Waals surface area contributed by atoms with Crippen LogP contribution < -0.4 is 0 Å². The lowest BCUT2D eigenvalue weighted by Gasteiger charge is -2.35. The molecule has 0 amide bonds. The van der Waals surface area contributed by atoms with E-state index in [1.807, 2.05) is 0 Å². The molecule has 0 radical (unpaired) electrons. The van der Waals surface area contributed by atoms with Crippen LogP contribution in [0.15, 0.2) is 0 Å². The van der Waals surface area contributed by atoms with Gasteiger partial charge in [0.1, 0.15) is 11.6 Å². The van der Waals surface area contributed by atoms with E-state index >= 15 is 0 Å². The van der Waals surface area contributed by atoms with Gasteiger partial charge in [-0.05, 0) is 31.1 Å². The lowest BCUT2D eigenvalue weighted by molar-refractivity contribution is -0.134. The van der Waals surface area contributed by atoms with Crippen LogP contribution in [0.1, 0.15) is 46.5 Å². The van der Waals surface area contributed by atoms with Crippen LogP contribution in [0.2, 0.25) is 0 Å². The molecule has 2 aliphatic carbocycles. The minimum absolute atomic E-state index is 0.0513. The molecule has 0 heterocycles. The fourth-order valence-corrected chi connectivity index (χ4v) is 3.61. The van der Waals surface area contributed by atoms with E-state index in [9.17, 15) is 9.59 Å². The second kappa shape index (κ2) is 2.68. The molecule has 2 nitrogen and oxygen atoms in total. The Morgan fingerprint density at radius 1 is 1.50 bits per heavy atom. The molecule has 78 valence electrons. The van der Waals surface area contributed by atoms with E-state index < -0.39 is 0 Å². The molecule has 2 saturated carbocycles. The lowest BCUT2D eigenvalue weighted by Crippen LogP contribution is -2.37. The van der Waals surface area contributed by atoms with Crippen molar-refractivity contribution in [3.05, 3.63) is 0 Å².